The number of rotatable bonds is 3. The van der Waals surface area contributed by atoms with E-state index in [1.165, 1.54) is 7.11 Å². The molecular weight excluding hydrogens is 352 g/mol. The van der Waals surface area contributed by atoms with Gasteiger partial charge in [0.15, 0.2) is 0 Å². The fourth-order valence-electron chi connectivity index (χ4n) is 3.91. The van der Waals surface area contributed by atoms with Crippen LogP contribution in [0.4, 0.5) is 5.69 Å². The van der Waals surface area contributed by atoms with Gasteiger partial charge in [0.2, 0.25) is 0 Å². The van der Waals surface area contributed by atoms with Gasteiger partial charge in [-0.05, 0) is 61.4 Å². The second-order valence-corrected chi connectivity index (χ2v) is 7.03. The number of hydrogen-bond donors (Lipinski definition) is 0. The number of methoxy groups -OCH3 is 1. The number of para-hydroxylation sites is 1. The number of fused-ring (bicyclic) bond motifs is 1. The van der Waals surface area contributed by atoms with E-state index in [1.807, 2.05) is 84.5 Å². The molecule has 5 heteroatoms. The fraction of sp³-hybridized carbons (Fsp3) is 0.217. The van der Waals surface area contributed by atoms with Crippen molar-refractivity contribution in [2.75, 3.05) is 12.0 Å². The highest BCUT2D eigenvalue weighted by molar-refractivity contribution is 6.08. The number of ether oxygens (including phenoxy) is 1. The van der Waals surface area contributed by atoms with E-state index in [-0.39, 0.29) is 23.8 Å². The molecule has 3 aromatic rings. The summed E-state index contributed by atoms with van der Waals surface area (Å²) in [7, 11) is 1.40. The molecule has 0 N–H and O–H groups in total. The zero-order valence-electron chi connectivity index (χ0n) is 15.9. The van der Waals surface area contributed by atoms with E-state index in [2.05, 4.69) is 0 Å². The Labute approximate surface area is 164 Å². The molecule has 28 heavy (non-hydrogen) atoms. The minimum atomic E-state index is -0.351. The Balaban J connectivity index is 1.68. The van der Waals surface area contributed by atoms with Crippen LogP contribution in [0.5, 0.6) is 0 Å². The van der Waals surface area contributed by atoms with Crippen LogP contribution in [-0.2, 0) is 9.53 Å². The second kappa shape index (κ2) is 7.35. The number of benzene rings is 2. The number of carbonyl (C=O) groups is 2. The van der Waals surface area contributed by atoms with Gasteiger partial charge in [0, 0.05) is 35.4 Å². The molecule has 5 nitrogen and oxygen atoms in total. The summed E-state index contributed by atoms with van der Waals surface area (Å²) in [6, 6.07) is 18.9. The molecular formula is C23H22N2O3. The summed E-state index contributed by atoms with van der Waals surface area (Å²) in [6.45, 7) is 1.97. The second-order valence-electron chi connectivity index (χ2n) is 7.03. The van der Waals surface area contributed by atoms with Gasteiger partial charge < -0.3 is 14.2 Å². The predicted molar refractivity (Wildman–Crippen MR) is 108 cm³/mol. The van der Waals surface area contributed by atoms with Crippen LogP contribution in [0, 0.1) is 0 Å². The Kier molecular flexibility index (Phi) is 4.74. The predicted octanol–water partition coefficient (Wildman–Crippen LogP) is 4.17. The zero-order valence-corrected chi connectivity index (χ0v) is 15.9. The number of nitrogens with zero attached hydrogens (tertiary/aromatic N) is 2. The van der Waals surface area contributed by atoms with Crippen molar-refractivity contribution in [3.63, 3.8) is 0 Å². The van der Waals surface area contributed by atoms with Gasteiger partial charge in [0.1, 0.15) is 0 Å². The molecule has 2 aromatic carbocycles. The molecule has 2 unspecified atom stereocenters. The summed E-state index contributed by atoms with van der Waals surface area (Å²) in [5.41, 5.74) is 3.23. The van der Waals surface area contributed by atoms with Crippen LogP contribution >= 0.6 is 0 Å². The van der Waals surface area contributed by atoms with Crippen molar-refractivity contribution in [2.45, 2.75) is 25.3 Å². The summed E-state index contributed by atoms with van der Waals surface area (Å²) in [6.07, 6.45) is 4.47. The molecule has 0 spiro atoms. The van der Waals surface area contributed by atoms with Crippen molar-refractivity contribution >= 4 is 17.6 Å². The van der Waals surface area contributed by atoms with Crippen LogP contribution in [0.3, 0.4) is 0 Å². The maximum absolute atomic E-state index is 13.3. The Bertz CT molecular complexity index is 993. The number of aromatic nitrogens is 1. The summed E-state index contributed by atoms with van der Waals surface area (Å²) in [5, 5.41) is 0. The average molecular weight is 374 g/mol. The third-order valence-electron chi connectivity index (χ3n) is 5.31. The Hall–Kier alpha value is -3.34. The van der Waals surface area contributed by atoms with Gasteiger partial charge in [-0.1, -0.05) is 18.2 Å². The molecule has 0 radical (unpaired) electrons. The number of carbonyl (C=O) groups excluding carboxylic acids is 2. The van der Waals surface area contributed by atoms with Crippen molar-refractivity contribution in [2.24, 2.45) is 0 Å². The topological polar surface area (TPSA) is 51.5 Å². The number of esters is 1. The van der Waals surface area contributed by atoms with Crippen molar-refractivity contribution in [1.82, 2.24) is 4.57 Å². The lowest BCUT2D eigenvalue weighted by molar-refractivity contribution is -0.142. The summed E-state index contributed by atoms with van der Waals surface area (Å²) in [5.74, 6) is -0.679. The standard InChI is InChI=1S/C23H22N2O3/c1-16-15-20(23(27)28-2)19-7-3-4-8-21(19)25(16)22(26)17-9-11-18(12-10-17)24-13-5-6-14-24/h3-14,16,20H,15H2,1-2H3. The van der Waals surface area contributed by atoms with E-state index in [4.69, 9.17) is 4.74 Å². The number of hydrogen-bond acceptors (Lipinski definition) is 3. The molecule has 2 heterocycles. The first-order valence-electron chi connectivity index (χ1n) is 9.34. The zero-order chi connectivity index (χ0) is 19.7. The van der Waals surface area contributed by atoms with Crippen molar-refractivity contribution in [3.8, 4) is 5.69 Å². The first-order valence-corrected chi connectivity index (χ1v) is 9.34. The highest BCUT2D eigenvalue weighted by Crippen LogP contribution is 2.39. The molecule has 4 rings (SSSR count). The Morgan fingerprint density at radius 1 is 0.964 bits per heavy atom. The van der Waals surface area contributed by atoms with Crippen LogP contribution in [0.1, 0.15) is 35.2 Å². The van der Waals surface area contributed by atoms with E-state index >= 15 is 0 Å². The van der Waals surface area contributed by atoms with Crippen molar-refractivity contribution in [1.29, 1.82) is 0 Å². The maximum atomic E-state index is 13.3. The smallest absolute Gasteiger partial charge is 0.313 e. The molecule has 2 atom stereocenters. The third-order valence-corrected chi connectivity index (χ3v) is 5.31. The lowest BCUT2D eigenvalue weighted by Crippen LogP contribution is -2.44. The molecule has 0 aliphatic carbocycles. The summed E-state index contributed by atoms with van der Waals surface area (Å²) < 4.78 is 6.97. The molecule has 0 saturated heterocycles. The van der Waals surface area contributed by atoms with E-state index < -0.39 is 0 Å². The Morgan fingerprint density at radius 2 is 1.64 bits per heavy atom. The van der Waals surface area contributed by atoms with Gasteiger partial charge in [-0.3, -0.25) is 9.59 Å². The lowest BCUT2D eigenvalue weighted by Gasteiger charge is -2.38. The quantitative estimate of drug-likeness (QED) is 0.647. The average Bonchev–Trinajstić information content (AvgIpc) is 3.27. The minimum absolute atomic E-state index is 0.0673. The molecule has 1 aromatic heterocycles. The van der Waals surface area contributed by atoms with Gasteiger partial charge in [0.25, 0.3) is 5.91 Å². The Morgan fingerprint density at radius 3 is 2.32 bits per heavy atom. The molecule has 1 aliphatic rings. The third kappa shape index (κ3) is 3.09. The first-order chi connectivity index (χ1) is 13.6. The normalized spacial score (nSPS) is 18.4. The summed E-state index contributed by atoms with van der Waals surface area (Å²) in [4.78, 5) is 27.4. The lowest BCUT2D eigenvalue weighted by atomic mass is 9.85. The first kappa shape index (κ1) is 18.0. The van der Waals surface area contributed by atoms with Gasteiger partial charge in [0.05, 0.1) is 13.0 Å². The highest BCUT2D eigenvalue weighted by atomic mass is 16.5. The largest absolute Gasteiger partial charge is 0.469 e. The SMILES string of the molecule is COC(=O)C1CC(C)N(C(=O)c2ccc(-n3cccc3)cc2)c2ccccc21. The molecule has 0 fully saturated rings. The van der Waals surface area contributed by atoms with Gasteiger partial charge in [-0.15, -0.1) is 0 Å². The van der Waals surface area contributed by atoms with Crippen LogP contribution in [0.15, 0.2) is 73.1 Å². The van der Waals surface area contributed by atoms with E-state index in [0.29, 0.717) is 12.0 Å². The van der Waals surface area contributed by atoms with Crippen LogP contribution < -0.4 is 4.90 Å². The molecule has 142 valence electrons. The van der Waals surface area contributed by atoms with Crippen LogP contribution in [0.2, 0.25) is 0 Å². The van der Waals surface area contributed by atoms with E-state index in [0.717, 1.165) is 16.9 Å². The van der Waals surface area contributed by atoms with Crippen molar-refractivity contribution < 1.29 is 14.3 Å². The maximum Gasteiger partial charge on any atom is 0.313 e. The molecule has 0 bridgehead atoms. The monoisotopic (exact) mass is 374 g/mol. The minimum Gasteiger partial charge on any atom is -0.469 e. The highest BCUT2D eigenvalue weighted by Gasteiger charge is 2.37. The van der Waals surface area contributed by atoms with Crippen LogP contribution in [0.25, 0.3) is 5.69 Å². The van der Waals surface area contributed by atoms with E-state index in [1.54, 1.807) is 4.90 Å². The fourth-order valence-corrected chi connectivity index (χ4v) is 3.91. The van der Waals surface area contributed by atoms with Crippen LogP contribution in [-0.4, -0.2) is 29.6 Å². The van der Waals surface area contributed by atoms with Crippen molar-refractivity contribution in [3.05, 3.63) is 84.2 Å². The number of anilines is 1. The summed E-state index contributed by atoms with van der Waals surface area (Å²) >= 11 is 0. The molecule has 0 saturated carbocycles. The molecule has 1 amide bonds. The van der Waals surface area contributed by atoms with E-state index in [9.17, 15) is 9.59 Å². The van der Waals surface area contributed by atoms with Gasteiger partial charge in [-0.2, -0.15) is 0 Å². The van der Waals surface area contributed by atoms with Gasteiger partial charge >= 0.3 is 5.97 Å². The molecule has 1 aliphatic heterocycles. The number of amides is 1. The van der Waals surface area contributed by atoms with Gasteiger partial charge in [-0.25, -0.2) is 0 Å².